The maximum atomic E-state index is 5.44. The van der Waals surface area contributed by atoms with Gasteiger partial charge in [-0.3, -0.25) is 4.90 Å². The van der Waals surface area contributed by atoms with Crippen LogP contribution in [0.15, 0.2) is 0 Å². The summed E-state index contributed by atoms with van der Waals surface area (Å²) in [6.45, 7) is 12.3. The number of rotatable bonds is 7. The van der Waals surface area contributed by atoms with Gasteiger partial charge in [-0.15, -0.1) is 0 Å². The molecule has 1 rings (SSSR count). The number of piperazine rings is 1. The van der Waals surface area contributed by atoms with Crippen LogP contribution in [0.4, 0.5) is 0 Å². The molecule has 1 aliphatic heterocycles. The highest BCUT2D eigenvalue weighted by Crippen LogP contribution is 2.24. The van der Waals surface area contributed by atoms with Gasteiger partial charge in [0.15, 0.2) is 0 Å². The van der Waals surface area contributed by atoms with E-state index in [1.165, 1.54) is 25.7 Å². The van der Waals surface area contributed by atoms with Crippen LogP contribution < -0.4 is 5.32 Å². The van der Waals surface area contributed by atoms with Gasteiger partial charge in [0.2, 0.25) is 0 Å². The van der Waals surface area contributed by atoms with Crippen molar-refractivity contribution >= 4 is 0 Å². The summed E-state index contributed by atoms with van der Waals surface area (Å²) in [6.07, 6.45) is 4.88. The van der Waals surface area contributed by atoms with Gasteiger partial charge in [-0.05, 0) is 26.2 Å². The zero-order valence-corrected chi connectivity index (χ0v) is 13.0. The first-order valence-corrected chi connectivity index (χ1v) is 7.59. The first-order valence-electron chi connectivity index (χ1n) is 7.59. The van der Waals surface area contributed by atoms with E-state index in [4.69, 9.17) is 4.74 Å². The molecule has 0 saturated carbocycles. The number of hydrogen-bond acceptors (Lipinski definition) is 3. The molecule has 3 heteroatoms. The Balaban J connectivity index is 2.76. The van der Waals surface area contributed by atoms with Crippen molar-refractivity contribution in [3.05, 3.63) is 0 Å². The number of ether oxygens (including phenoxy) is 1. The van der Waals surface area contributed by atoms with Crippen molar-refractivity contribution in [2.45, 2.75) is 71.0 Å². The molecule has 1 fully saturated rings. The Bertz CT molecular complexity index is 229. The molecule has 0 aromatic heterocycles. The normalized spacial score (nSPS) is 31.5. The van der Waals surface area contributed by atoms with Gasteiger partial charge < -0.3 is 10.1 Å². The summed E-state index contributed by atoms with van der Waals surface area (Å²) in [5.74, 6) is 0. The smallest absolute Gasteiger partial charge is 0.0618 e. The fraction of sp³-hybridized carbons (Fsp3) is 1.00. The van der Waals surface area contributed by atoms with Crippen LogP contribution >= 0.6 is 0 Å². The van der Waals surface area contributed by atoms with E-state index in [0.29, 0.717) is 12.1 Å². The van der Waals surface area contributed by atoms with Crippen LogP contribution in [0, 0.1) is 0 Å². The molecule has 0 aliphatic carbocycles. The lowest BCUT2D eigenvalue weighted by atomic mass is 9.91. The van der Waals surface area contributed by atoms with Crippen molar-refractivity contribution in [2.24, 2.45) is 0 Å². The predicted octanol–water partition coefficient (Wildman–Crippen LogP) is 2.65. The van der Waals surface area contributed by atoms with Crippen molar-refractivity contribution in [1.29, 1.82) is 0 Å². The van der Waals surface area contributed by atoms with Crippen LogP contribution in [0.1, 0.15) is 53.4 Å². The van der Waals surface area contributed by atoms with Crippen molar-refractivity contribution in [2.75, 3.05) is 26.8 Å². The Kier molecular flexibility index (Phi) is 6.61. The van der Waals surface area contributed by atoms with Gasteiger partial charge in [0.05, 0.1) is 6.61 Å². The molecule has 0 aromatic rings. The van der Waals surface area contributed by atoms with Gasteiger partial charge in [-0.2, -0.15) is 0 Å². The molecule has 108 valence electrons. The first kappa shape index (κ1) is 15.9. The van der Waals surface area contributed by atoms with Crippen molar-refractivity contribution in [3.63, 3.8) is 0 Å². The molecule has 0 aromatic carbocycles. The molecule has 1 saturated heterocycles. The summed E-state index contributed by atoms with van der Waals surface area (Å²) in [5.41, 5.74) is 0.269. The highest BCUT2D eigenvalue weighted by atomic mass is 16.5. The van der Waals surface area contributed by atoms with E-state index in [1.807, 2.05) is 7.11 Å². The third-order valence-corrected chi connectivity index (χ3v) is 4.47. The zero-order valence-electron chi connectivity index (χ0n) is 13.0. The average Bonchev–Trinajstić information content (AvgIpc) is 2.38. The van der Waals surface area contributed by atoms with E-state index < -0.39 is 0 Å². The molecule has 3 nitrogen and oxygen atoms in total. The van der Waals surface area contributed by atoms with E-state index in [0.717, 1.165) is 19.7 Å². The van der Waals surface area contributed by atoms with Crippen LogP contribution in [0.3, 0.4) is 0 Å². The van der Waals surface area contributed by atoms with Gasteiger partial charge in [0.25, 0.3) is 0 Å². The average molecular weight is 256 g/mol. The molecule has 3 unspecified atom stereocenters. The molecule has 0 bridgehead atoms. The van der Waals surface area contributed by atoms with Crippen LogP contribution in [0.2, 0.25) is 0 Å². The minimum Gasteiger partial charge on any atom is -0.383 e. The highest BCUT2D eigenvalue weighted by Gasteiger charge is 2.36. The number of hydrogen-bond donors (Lipinski definition) is 1. The van der Waals surface area contributed by atoms with Gasteiger partial charge in [-0.25, -0.2) is 0 Å². The molecule has 0 amide bonds. The maximum Gasteiger partial charge on any atom is 0.0618 e. The van der Waals surface area contributed by atoms with E-state index in [1.54, 1.807) is 0 Å². The molecule has 0 spiro atoms. The minimum absolute atomic E-state index is 0.269. The second kappa shape index (κ2) is 7.46. The van der Waals surface area contributed by atoms with E-state index in [2.05, 4.69) is 37.9 Å². The van der Waals surface area contributed by atoms with Crippen molar-refractivity contribution < 1.29 is 4.74 Å². The zero-order chi connectivity index (χ0) is 13.6. The van der Waals surface area contributed by atoms with Crippen molar-refractivity contribution in [1.82, 2.24) is 10.2 Å². The van der Waals surface area contributed by atoms with Crippen LogP contribution in [-0.2, 0) is 4.74 Å². The van der Waals surface area contributed by atoms with E-state index >= 15 is 0 Å². The molecular weight excluding hydrogens is 224 g/mol. The summed E-state index contributed by atoms with van der Waals surface area (Å²) in [7, 11) is 1.82. The Hall–Kier alpha value is -0.120. The van der Waals surface area contributed by atoms with Crippen molar-refractivity contribution in [3.8, 4) is 0 Å². The quantitative estimate of drug-likeness (QED) is 0.758. The Morgan fingerprint density at radius 3 is 2.61 bits per heavy atom. The van der Waals surface area contributed by atoms with E-state index in [-0.39, 0.29) is 5.54 Å². The summed E-state index contributed by atoms with van der Waals surface area (Å²) >= 11 is 0. The Labute approximate surface area is 113 Å². The minimum atomic E-state index is 0.269. The van der Waals surface area contributed by atoms with Crippen LogP contribution in [0.25, 0.3) is 0 Å². The third-order valence-electron chi connectivity index (χ3n) is 4.47. The molecular formula is C15H32N2O. The van der Waals surface area contributed by atoms with Crippen LogP contribution in [-0.4, -0.2) is 49.3 Å². The molecule has 1 aliphatic rings. The Morgan fingerprint density at radius 1 is 1.39 bits per heavy atom. The standard InChI is InChI=1S/C15H32N2O/c1-6-9-14(11-18-5)17-12-15(4,8-3)16-10-13(17)7-2/h13-14,16H,6-12H2,1-5H3. The van der Waals surface area contributed by atoms with Crippen LogP contribution in [0.5, 0.6) is 0 Å². The summed E-state index contributed by atoms with van der Waals surface area (Å²) < 4.78 is 5.44. The lowest BCUT2D eigenvalue weighted by molar-refractivity contribution is 0.00602. The highest BCUT2D eigenvalue weighted by molar-refractivity contribution is 4.96. The van der Waals surface area contributed by atoms with Gasteiger partial charge in [0, 0.05) is 37.8 Å². The number of methoxy groups -OCH3 is 1. The molecule has 1 heterocycles. The maximum absolute atomic E-state index is 5.44. The second-order valence-corrected chi connectivity index (χ2v) is 5.93. The predicted molar refractivity (Wildman–Crippen MR) is 78.1 cm³/mol. The first-order chi connectivity index (χ1) is 8.60. The monoisotopic (exact) mass is 256 g/mol. The molecule has 18 heavy (non-hydrogen) atoms. The lowest BCUT2D eigenvalue weighted by Gasteiger charge is -2.49. The third kappa shape index (κ3) is 3.94. The second-order valence-electron chi connectivity index (χ2n) is 5.93. The molecule has 0 radical (unpaired) electrons. The number of nitrogens with one attached hydrogen (secondary N) is 1. The fourth-order valence-corrected chi connectivity index (χ4v) is 2.98. The lowest BCUT2D eigenvalue weighted by Crippen LogP contribution is -2.65. The topological polar surface area (TPSA) is 24.5 Å². The summed E-state index contributed by atoms with van der Waals surface area (Å²) in [5, 5.41) is 3.73. The fourth-order valence-electron chi connectivity index (χ4n) is 2.98. The SMILES string of the molecule is CCCC(COC)N1CC(C)(CC)NCC1CC. The molecule has 3 atom stereocenters. The Morgan fingerprint density at radius 2 is 2.11 bits per heavy atom. The molecule has 1 N–H and O–H groups in total. The number of nitrogens with zero attached hydrogens (tertiary/aromatic N) is 1. The van der Waals surface area contributed by atoms with Gasteiger partial charge in [-0.1, -0.05) is 27.2 Å². The van der Waals surface area contributed by atoms with Gasteiger partial charge in [0.1, 0.15) is 0 Å². The van der Waals surface area contributed by atoms with E-state index in [9.17, 15) is 0 Å². The van der Waals surface area contributed by atoms with Gasteiger partial charge >= 0.3 is 0 Å². The summed E-state index contributed by atoms with van der Waals surface area (Å²) in [6, 6.07) is 1.24. The largest absolute Gasteiger partial charge is 0.383 e. The summed E-state index contributed by atoms with van der Waals surface area (Å²) in [4.78, 5) is 2.70.